The molecule has 1 rings (SSSR count). The Hall–Kier alpha value is -0.810. The van der Waals surface area contributed by atoms with Crippen LogP contribution >= 0.6 is 24.0 Å². The molecular weight excluding hydrogens is 218 g/mol. The minimum absolute atomic E-state index is 0.337. The largest absolute Gasteiger partial charge is 0.465 e. The molecular formula is C9H11NO2S2. The topological polar surface area (TPSA) is 39.2 Å². The first-order valence-corrected chi connectivity index (χ1v) is 5.54. The molecule has 0 aliphatic carbocycles. The van der Waals surface area contributed by atoms with E-state index < -0.39 is 0 Å². The van der Waals surface area contributed by atoms with E-state index in [2.05, 4.69) is 22.3 Å². The van der Waals surface area contributed by atoms with Crippen LogP contribution in [0.1, 0.15) is 21.1 Å². The zero-order valence-corrected chi connectivity index (χ0v) is 9.48. The van der Waals surface area contributed by atoms with Gasteiger partial charge in [-0.1, -0.05) is 6.08 Å². The van der Waals surface area contributed by atoms with Crippen LogP contribution in [0.25, 0.3) is 6.08 Å². The molecule has 76 valence electrons. The normalized spacial score (nSPS) is 10.7. The van der Waals surface area contributed by atoms with Crippen molar-refractivity contribution in [1.82, 2.24) is 4.98 Å². The van der Waals surface area contributed by atoms with Crippen molar-refractivity contribution in [2.45, 2.75) is 6.42 Å². The van der Waals surface area contributed by atoms with Crippen molar-refractivity contribution < 1.29 is 9.53 Å². The fourth-order valence-electron chi connectivity index (χ4n) is 0.818. The van der Waals surface area contributed by atoms with E-state index in [-0.39, 0.29) is 5.97 Å². The molecule has 0 aromatic carbocycles. The van der Waals surface area contributed by atoms with E-state index in [4.69, 9.17) is 0 Å². The van der Waals surface area contributed by atoms with E-state index in [1.165, 1.54) is 24.6 Å². The molecule has 0 spiro atoms. The van der Waals surface area contributed by atoms with Crippen LogP contribution in [0.2, 0.25) is 0 Å². The van der Waals surface area contributed by atoms with Crippen molar-refractivity contribution in [2.75, 3.05) is 12.9 Å². The summed E-state index contributed by atoms with van der Waals surface area (Å²) in [5.74, 6) is 0.475. The number of esters is 1. The zero-order chi connectivity index (χ0) is 10.4. The van der Waals surface area contributed by atoms with Crippen LogP contribution in [-0.2, 0) is 4.74 Å². The molecule has 0 bridgehead atoms. The smallest absolute Gasteiger partial charge is 0.349 e. The Morgan fingerprint density at radius 1 is 1.79 bits per heavy atom. The molecule has 1 heterocycles. The number of thiol groups is 1. The summed E-state index contributed by atoms with van der Waals surface area (Å²) in [7, 11) is 1.36. The number of ether oxygens (including phenoxy) is 1. The average Bonchev–Trinajstić information content (AvgIpc) is 2.66. The van der Waals surface area contributed by atoms with Gasteiger partial charge in [-0.25, -0.2) is 9.78 Å². The van der Waals surface area contributed by atoms with E-state index in [0.717, 1.165) is 17.2 Å². The number of aromatic nitrogens is 1. The molecule has 0 radical (unpaired) electrons. The number of allylic oxidation sites excluding steroid dienone is 1. The van der Waals surface area contributed by atoms with E-state index in [9.17, 15) is 4.79 Å². The van der Waals surface area contributed by atoms with Gasteiger partial charge in [0.25, 0.3) is 0 Å². The van der Waals surface area contributed by atoms with Crippen molar-refractivity contribution in [3.63, 3.8) is 0 Å². The van der Waals surface area contributed by atoms with Crippen molar-refractivity contribution in [3.05, 3.63) is 22.2 Å². The van der Waals surface area contributed by atoms with Gasteiger partial charge in [-0.3, -0.25) is 0 Å². The predicted molar refractivity (Wildman–Crippen MR) is 61.0 cm³/mol. The molecule has 14 heavy (non-hydrogen) atoms. The van der Waals surface area contributed by atoms with E-state index in [0.29, 0.717) is 4.88 Å². The molecule has 0 N–H and O–H groups in total. The lowest BCUT2D eigenvalue weighted by Crippen LogP contribution is -1.96. The number of rotatable bonds is 4. The Balaban J connectivity index is 2.63. The summed E-state index contributed by atoms with van der Waals surface area (Å²) in [6.45, 7) is 0. The Morgan fingerprint density at radius 2 is 2.57 bits per heavy atom. The molecule has 0 saturated carbocycles. The van der Waals surface area contributed by atoms with Crippen LogP contribution in [0.4, 0.5) is 0 Å². The lowest BCUT2D eigenvalue weighted by atomic mass is 10.4. The molecule has 0 atom stereocenters. The second-order valence-electron chi connectivity index (χ2n) is 2.47. The van der Waals surface area contributed by atoms with Crippen molar-refractivity contribution >= 4 is 36.0 Å². The molecule has 0 unspecified atom stereocenters. The first-order chi connectivity index (χ1) is 6.77. The first-order valence-electron chi connectivity index (χ1n) is 4.09. The first kappa shape index (κ1) is 11.3. The van der Waals surface area contributed by atoms with Crippen molar-refractivity contribution in [1.29, 1.82) is 0 Å². The maximum atomic E-state index is 11.1. The summed E-state index contributed by atoms with van der Waals surface area (Å²) < 4.78 is 4.57. The second-order valence-corrected chi connectivity index (χ2v) is 3.98. The van der Waals surface area contributed by atoms with Gasteiger partial charge in [0.2, 0.25) is 0 Å². The monoisotopic (exact) mass is 229 g/mol. The second kappa shape index (κ2) is 5.82. The van der Waals surface area contributed by atoms with Gasteiger partial charge in [0.1, 0.15) is 9.88 Å². The van der Waals surface area contributed by atoms with Gasteiger partial charge in [-0.2, -0.15) is 12.6 Å². The number of nitrogens with zero attached hydrogens (tertiary/aromatic N) is 1. The number of hydrogen-bond acceptors (Lipinski definition) is 5. The average molecular weight is 229 g/mol. The molecule has 1 aromatic rings. The molecule has 3 nitrogen and oxygen atoms in total. The standard InChI is InChI=1S/C9H11NO2S2/c1-12-9(11)7-6-10-8(14-7)4-2-3-5-13/h2,4,6,13H,3,5H2,1H3. The predicted octanol–water partition coefficient (Wildman–Crippen LogP) is 2.26. The third kappa shape index (κ3) is 3.16. The molecule has 0 aliphatic rings. The molecule has 0 aliphatic heterocycles. The van der Waals surface area contributed by atoms with Crippen LogP contribution in [0.3, 0.4) is 0 Å². The highest BCUT2D eigenvalue weighted by Gasteiger charge is 2.08. The summed E-state index contributed by atoms with van der Waals surface area (Å²) in [5.41, 5.74) is 0. The summed E-state index contributed by atoms with van der Waals surface area (Å²) in [6.07, 6.45) is 6.29. The minimum atomic E-state index is -0.337. The molecule has 5 heteroatoms. The van der Waals surface area contributed by atoms with E-state index in [1.54, 1.807) is 0 Å². The zero-order valence-electron chi connectivity index (χ0n) is 7.77. The van der Waals surface area contributed by atoms with Crippen molar-refractivity contribution in [2.24, 2.45) is 0 Å². The Labute approximate surface area is 92.2 Å². The van der Waals surface area contributed by atoms with Crippen LogP contribution < -0.4 is 0 Å². The number of hydrogen-bond donors (Lipinski definition) is 1. The Bertz CT molecular complexity index is 333. The van der Waals surface area contributed by atoms with E-state index in [1.807, 2.05) is 12.2 Å². The fourth-order valence-corrected chi connectivity index (χ4v) is 1.73. The van der Waals surface area contributed by atoms with Crippen LogP contribution in [0, 0.1) is 0 Å². The van der Waals surface area contributed by atoms with Crippen LogP contribution in [-0.4, -0.2) is 23.8 Å². The summed E-state index contributed by atoms with van der Waals surface area (Å²) >= 11 is 5.40. The highest BCUT2D eigenvalue weighted by molar-refractivity contribution is 7.80. The quantitative estimate of drug-likeness (QED) is 0.636. The SMILES string of the molecule is COC(=O)c1cnc(C=CCCS)s1. The van der Waals surface area contributed by atoms with Gasteiger partial charge in [0.15, 0.2) is 0 Å². The minimum Gasteiger partial charge on any atom is -0.465 e. The number of thiazole rings is 1. The molecule has 0 fully saturated rings. The highest BCUT2D eigenvalue weighted by Crippen LogP contribution is 2.15. The number of methoxy groups -OCH3 is 1. The summed E-state index contributed by atoms with van der Waals surface area (Å²) in [4.78, 5) is 15.7. The van der Waals surface area contributed by atoms with Gasteiger partial charge < -0.3 is 4.74 Å². The third-order valence-corrected chi connectivity index (χ3v) is 2.67. The lowest BCUT2D eigenvalue weighted by molar-refractivity contribution is 0.0606. The van der Waals surface area contributed by atoms with Gasteiger partial charge >= 0.3 is 5.97 Å². The molecule has 0 amide bonds. The maximum absolute atomic E-state index is 11.1. The van der Waals surface area contributed by atoms with Gasteiger partial charge in [0, 0.05) is 0 Å². The van der Waals surface area contributed by atoms with E-state index >= 15 is 0 Å². The van der Waals surface area contributed by atoms with Gasteiger partial charge in [-0.05, 0) is 18.2 Å². The summed E-state index contributed by atoms with van der Waals surface area (Å²) in [5, 5.41) is 0.812. The highest BCUT2D eigenvalue weighted by atomic mass is 32.1. The van der Waals surface area contributed by atoms with Gasteiger partial charge in [-0.15, -0.1) is 11.3 Å². The third-order valence-electron chi connectivity index (χ3n) is 1.47. The molecule has 0 saturated heterocycles. The maximum Gasteiger partial charge on any atom is 0.349 e. The number of carbonyl (C=O) groups excluding carboxylic acids is 1. The van der Waals surface area contributed by atoms with Crippen LogP contribution in [0.5, 0.6) is 0 Å². The number of carbonyl (C=O) groups is 1. The molecule has 1 aromatic heterocycles. The van der Waals surface area contributed by atoms with Crippen LogP contribution in [0.15, 0.2) is 12.3 Å². The van der Waals surface area contributed by atoms with Crippen molar-refractivity contribution in [3.8, 4) is 0 Å². The van der Waals surface area contributed by atoms with Gasteiger partial charge in [0.05, 0.1) is 13.3 Å². The fraction of sp³-hybridized carbons (Fsp3) is 0.333. The Kier molecular flexibility index (Phi) is 4.69. The Morgan fingerprint density at radius 3 is 3.21 bits per heavy atom. The summed E-state index contributed by atoms with van der Waals surface area (Å²) in [6, 6.07) is 0. The lowest BCUT2D eigenvalue weighted by Gasteiger charge is -1.90.